The Morgan fingerprint density at radius 3 is 2.00 bits per heavy atom. The van der Waals surface area contributed by atoms with Gasteiger partial charge in [0.15, 0.2) is 0 Å². The third-order valence-electron chi connectivity index (χ3n) is 5.43. The van der Waals surface area contributed by atoms with E-state index >= 15 is 0 Å². The van der Waals surface area contributed by atoms with E-state index in [0.717, 1.165) is 0 Å². The minimum Gasteiger partial charge on any atom is -0.481 e. The van der Waals surface area contributed by atoms with E-state index < -0.39 is 18.1 Å². The number of aliphatic carboxylic acids is 1. The quantitative estimate of drug-likeness (QED) is 0.820. The molecule has 8 heteroatoms. The number of carbonyl (C=O) groups excluding carboxylic acids is 1. The molecule has 24 heavy (non-hydrogen) atoms. The van der Waals surface area contributed by atoms with Crippen molar-refractivity contribution in [3.05, 3.63) is 0 Å². The first-order chi connectivity index (χ1) is 11.2. The molecule has 0 radical (unpaired) electrons. The Bertz CT molecular complexity index is 454. The second-order valence-corrected chi connectivity index (χ2v) is 6.99. The molecule has 5 nitrogen and oxygen atoms in total. The van der Waals surface area contributed by atoms with Crippen LogP contribution in [0.4, 0.5) is 18.0 Å². The number of alkyl halides is 3. The zero-order valence-electron chi connectivity index (χ0n) is 13.8. The van der Waals surface area contributed by atoms with E-state index in [4.69, 9.17) is 5.11 Å². The molecule has 2 N–H and O–H groups in total. The fourth-order valence-corrected chi connectivity index (χ4v) is 3.72. The van der Waals surface area contributed by atoms with Crippen LogP contribution in [0.5, 0.6) is 0 Å². The van der Waals surface area contributed by atoms with Crippen molar-refractivity contribution in [1.29, 1.82) is 0 Å². The van der Waals surface area contributed by atoms with E-state index in [9.17, 15) is 22.8 Å². The largest absolute Gasteiger partial charge is 0.481 e. The van der Waals surface area contributed by atoms with Gasteiger partial charge in [0, 0.05) is 19.1 Å². The van der Waals surface area contributed by atoms with Crippen LogP contribution in [0.1, 0.15) is 51.4 Å². The maximum Gasteiger partial charge on any atom is 0.391 e. The van der Waals surface area contributed by atoms with Crippen LogP contribution in [0, 0.1) is 11.8 Å². The molecule has 0 bridgehead atoms. The summed E-state index contributed by atoms with van der Waals surface area (Å²) in [6.45, 7) is 0. The number of nitrogens with zero attached hydrogens (tertiary/aromatic N) is 1. The summed E-state index contributed by atoms with van der Waals surface area (Å²) in [6.07, 6.45) is -0.963. The van der Waals surface area contributed by atoms with E-state index in [1.165, 1.54) is 4.90 Å². The maximum atomic E-state index is 12.7. The molecule has 0 heterocycles. The van der Waals surface area contributed by atoms with Crippen LogP contribution >= 0.6 is 0 Å². The number of nitrogens with one attached hydrogen (secondary N) is 1. The van der Waals surface area contributed by atoms with Gasteiger partial charge in [0.1, 0.15) is 0 Å². The lowest BCUT2D eigenvalue weighted by atomic mass is 9.85. The van der Waals surface area contributed by atoms with Crippen LogP contribution in [0.2, 0.25) is 0 Å². The predicted octanol–water partition coefficient (Wildman–Crippen LogP) is 3.39. The van der Waals surface area contributed by atoms with Gasteiger partial charge in [-0.1, -0.05) is 0 Å². The maximum absolute atomic E-state index is 12.7. The molecule has 0 aromatic heterocycles. The normalized spacial score (nSPS) is 31.3. The highest BCUT2D eigenvalue weighted by Crippen LogP contribution is 2.38. The van der Waals surface area contributed by atoms with Gasteiger partial charge in [-0.3, -0.25) is 4.79 Å². The molecule has 2 fully saturated rings. The number of carboxylic acids is 1. The monoisotopic (exact) mass is 350 g/mol. The van der Waals surface area contributed by atoms with Gasteiger partial charge in [0.2, 0.25) is 0 Å². The Kier molecular flexibility index (Phi) is 5.98. The number of hydrogen-bond acceptors (Lipinski definition) is 2. The van der Waals surface area contributed by atoms with Crippen molar-refractivity contribution in [3.8, 4) is 0 Å². The molecule has 0 aromatic carbocycles. The average molecular weight is 350 g/mol. The number of rotatable bonds is 3. The van der Waals surface area contributed by atoms with Crippen LogP contribution in [0.3, 0.4) is 0 Å². The molecule has 0 aromatic rings. The van der Waals surface area contributed by atoms with Gasteiger partial charge in [-0.2, -0.15) is 13.2 Å². The zero-order valence-corrected chi connectivity index (χ0v) is 13.8. The lowest BCUT2D eigenvalue weighted by Gasteiger charge is -2.36. The smallest absolute Gasteiger partial charge is 0.391 e. The molecule has 2 saturated carbocycles. The van der Waals surface area contributed by atoms with Gasteiger partial charge in [-0.15, -0.1) is 0 Å². The second-order valence-electron chi connectivity index (χ2n) is 6.99. The Morgan fingerprint density at radius 2 is 1.54 bits per heavy atom. The second kappa shape index (κ2) is 7.61. The van der Waals surface area contributed by atoms with E-state index in [1.54, 1.807) is 7.05 Å². The van der Waals surface area contributed by atoms with Crippen molar-refractivity contribution in [1.82, 2.24) is 10.2 Å². The Labute approximate surface area is 139 Å². The molecule has 0 saturated heterocycles. The third kappa shape index (κ3) is 4.77. The van der Waals surface area contributed by atoms with Crippen molar-refractivity contribution in [3.63, 3.8) is 0 Å². The Morgan fingerprint density at radius 1 is 1.00 bits per heavy atom. The minimum absolute atomic E-state index is 0.0536. The SMILES string of the molecule is CN(C(=O)NC1CCC(C(=O)O)CC1)C1CCC(C(F)(F)F)CC1. The summed E-state index contributed by atoms with van der Waals surface area (Å²) in [7, 11) is 1.62. The minimum atomic E-state index is -4.14. The van der Waals surface area contributed by atoms with Crippen LogP contribution in [-0.4, -0.2) is 47.3 Å². The molecule has 138 valence electrons. The zero-order chi connectivity index (χ0) is 17.9. The molecule has 2 amide bonds. The molecule has 2 rings (SSSR count). The van der Waals surface area contributed by atoms with Crippen molar-refractivity contribution >= 4 is 12.0 Å². The molecule has 0 unspecified atom stereocenters. The van der Waals surface area contributed by atoms with Gasteiger partial charge in [-0.05, 0) is 51.4 Å². The molecule has 0 atom stereocenters. The number of amides is 2. The summed E-state index contributed by atoms with van der Waals surface area (Å²) in [5.41, 5.74) is 0. The van der Waals surface area contributed by atoms with Gasteiger partial charge < -0.3 is 15.3 Å². The van der Waals surface area contributed by atoms with Gasteiger partial charge in [0.25, 0.3) is 0 Å². The molecular formula is C16H25F3N2O3. The Hall–Kier alpha value is -1.47. The van der Waals surface area contributed by atoms with Gasteiger partial charge >= 0.3 is 18.2 Å². The molecular weight excluding hydrogens is 325 g/mol. The fraction of sp³-hybridized carbons (Fsp3) is 0.875. The number of carbonyl (C=O) groups is 2. The first-order valence-corrected chi connectivity index (χ1v) is 8.51. The molecule has 0 spiro atoms. The number of halogens is 3. The lowest BCUT2D eigenvalue weighted by molar-refractivity contribution is -0.183. The van der Waals surface area contributed by atoms with Crippen LogP contribution in [0.15, 0.2) is 0 Å². The summed E-state index contributed by atoms with van der Waals surface area (Å²) < 4.78 is 38.1. The standard InChI is InChI=1S/C16H25F3N2O3/c1-21(13-8-4-11(5-9-13)16(17,18)19)15(24)20-12-6-2-10(3-7-12)14(22)23/h10-13H,2-9H2,1H3,(H,20,24)(H,22,23). The summed E-state index contributed by atoms with van der Waals surface area (Å²) in [4.78, 5) is 24.7. The highest BCUT2D eigenvalue weighted by molar-refractivity contribution is 5.74. The number of carboxylic acid groups (broad SMARTS) is 1. The van der Waals surface area contributed by atoms with Gasteiger partial charge in [-0.25, -0.2) is 4.79 Å². The van der Waals surface area contributed by atoms with E-state index in [0.29, 0.717) is 38.5 Å². The van der Waals surface area contributed by atoms with Crippen molar-refractivity contribution in [2.75, 3.05) is 7.05 Å². The van der Waals surface area contributed by atoms with Crippen molar-refractivity contribution in [2.24, 2.45) is 11.8 Å². The van der Waals surface area contributed by atoms with Crippen LogP contribution in [-0.2, 0) is 4.79 Å². The Balaban J connectivity index is 1.76. The summed E-state index contributed by atoms with van der Waals surface area (Å²) in [6, 6.07) is -0.495. The first-order valence-electron chi connectivity index (χ1n) is 8.51. The van der Waals surface area contributed by atoms with Gasteiger partial charge in [0.05, 0.1) is 11.8 Å². The third-order valence-corrected chi connectivity index (χ3v) is 5.43. The topological polar surface area (TPSA) is 69.6 Å². The van der Waals surface area contributed by atoms with Crippen LogP contribution < -0.4 is 5.32 Å². The predicted molar refractivity (Wildman–Crippen MR) is 81.5 cm³/mol. The number of hydrogen-bond donors (Lipinski definition) is 2. The average Bonchev–Trinajstić information content (AvgIpc) is 2.54. The van der Waals surface area contributed by atoms with Crippen LogP contribution in [0.25, 0.3) is 0 Å². The number of urea groups is 1. The molecule has 2 aliphatic rings. The summed E-state index contributed by atoms with van der Waals surface area (Å²) >= 11 is 0. The van der Waals surface area contributed by atoms with E-state index in [1.807, 2.05) is 0 Å². The highest BCUT2D eigenvalue weighted by atomic mass is 19.4. The summed E-state index contributed by atoms with van der Waals surface area (Å²) in [5, 5.41) is 11.9. The first kappa shape index (κ1) is 18.9. The van der Waals surface area contributed by atoms with E-state index in [-0.39, 0.29) is 36.9 Å². The van der Waals surface area contributed by atoms with E-state index in [2.05, 4.69) is 5.32 Å². The molecule has 0 aliphatic heterocycles. The lowest BCUT2D eigenvalue weighted by Crippen LogP contribution is -2.49. The fourth-order valence-electron chi connectivity index (χ4n) is 3.72. The molecule has 2 aliphatic carbocycles. The van der Waals surface area contributed by atoms with Crippen molar-refractivity contribution in [2.45, 2.75) is 69.6 Å². The summed E-state index contributed by atoms with van der Waals surface area (Å²) in [5.74, 6) is -2.39. The van der Waals surface area contributed by atoms with Crippen molar-refractivity contribution < 1.29 is 27.9 Å². The highest BCUT2D eigenvalue weighted by Gasteiger charge is 2.42.